The molecule has 0 spiro atoms. The molecular formula is C10H17N5O. The zero-order valence-corrected chi connectivity index (χ0v) is 9.46. The van der Waals surface area contributed by atoms with E-state index in [1.807, 2.05) is 0 Å². The summed E-state index contributed by atoms with van der Waals surface area (Å²) in [4.78, 5) is 4.73. The zero-order valence-electron chi connectivity index (χ0n) is 9.46. The Morgan fingerprint density at radius 1 is 1.38 bits per heavy atom. The van der Waals surface area contributed by atoms with Gasteiger partial charge in [0.2, 0.25) is 0 Å². The van der Waals surface area contributed by atoms with E-state index in [1.54, 1.807) is 0 Å². The van der Waals surface area contributed by atoms with Crippen LogP contribution in [0.1, 0.15) is 19.8 Å². The Bertz CT molecular complexity index is 379. The third-order valence-electron chi connectivity index (χ3n) is 3.61. The predicted octanol–water partition coefficient (Wildman–Crippen LogP) is 0.325. The van der Waals surface area contributed by atoms with Crippen LogP contribution in [-0.4, -0.2) is 46.8 Å². The van der Waals surface area contributed by atoms with Crippen LogP contribution < -0.4 is 10.6 Å². The third kappa shape index (κ3) is 1.53. The minimum Gasteiger partial charge on any atom is -0.390 e. The van der Waals surface area contributed by atoms with E-state index < -0.39 is 0 Å². The van der Waals surface area contributed by atoms with Crippen LogP contribution >= 0.6 is 0 Å². The second-order valence-corrected chi connectivity index (χ2v) is 4.72. The third-order valence-corrected chi connectivity index (χ3v) is 3.61. The van der Waals surface area contributed by atoms with E-state index in [4.69, 9.17) is 10.2 Å². The molecule has 2 atom stereocenters. The lowest BCUT2D eigenvalue weighted by molar-refractivity contribution is 0.197. The summed E-state index contributed by atoms with van der Waals surface area (Å²) in [5, 5.41) is 7.69. The first kappa shape index (κ1) is 9.89. The first-order valence-corrected chi connectivity index (χ1v) is 5.83. The van der Waals surface area contributed by atoms with Gasteiger partial charge in [0, 0.05) is 25.2 Å². The number of piperazine rings is 1. The molecule has 2 unspecified atom stereocenters. The molecule has 2 aliphatic heterocycles. The highest BCUT2D eigenvalue weighted by Gasteiger charge is 2.36. The largest absolute Gasteiger partial charge is 0.390 e. The van der Waals surface area contributed by atoms with Crippen LogP contribution in [0.15, 0.2) is 4.42 Å². The maximum Gasteiger partial charge on any atom is 0.319 e. The number of fused-ring (bicyclic) bond motifs is 1. The van der Waals surface area contributed by atoms with E-state index in [0.29, 0.717) is 18.1 Å². The van der Waals surface area contributed by atoms with E-state index in [2.05, 4.69) is 26.9 Å². The van der Waals surface area contributed by atoms with Gasteiger partial charge in [0.1, 0.15) is 0 Å². The number of nitrogen functional groups attached to an aromatic ring is 1. The van der Waals surface area contributed by atoms with E-state index >= 15 is 0 Å². The summed E-state index contributed by atoms with van der Waals surface area (Å²) in [7, 11) is 0. The second kappa shape index (κ2) is 3.62. The minimum atomic E-state index is 0.149. The Hall–Kier alpha value is -1.30. The van der Waals surface area contributed by atoms with Gasteiger partial charge in [0.05, 0.1) is 0 Å². The van der Waals surface area contributed by atoms with Crippen molar-refractivity contribution in [3.05, 3.63) is 0 Å². The quantitative estimate of drug-likeness (QED) is 0.739. The van der Waals surface area contributed by atoms with Crippen molar-refractivity contribution >= 4 is 12.0 Å². The monoisotopic (exact) mass is 223 g/mol. The molecule has 2 fully saturated rings. The van der Waals surface area contributed by atoms with Crippen molar-refractivity contribution in [3.8, 4) is 0 Å². The van der Waals surface area contributed by atoms with Crippen LogP contribution in [0.4, 0.5) is 12.0 Å². The Kier molecular flexibility index (Phi) is 2.24. The first-order chi connectivity index (χ1) is 7.74. The molecule has 1 aromatic rings. The number of nitrogens with two attached hydrogens (primary N) is 1. The molecule has 2 aliphatic rings. The molecule has 16 heavy (non-hydrogen) atoms. The zero-order chi connectivity index (χ0) is 11.1. The van der Waals surface area contributed by atoms with E-state index in [0.717, 1.165) is 13.1 Å². The normalized spacial score (nSPS) is 30.7. The van der Waals surface area contributed by atoms with Crippen LogP contribution in [0.3, 0.4) is 0 Å². The summed E-state index contributed by atoms with van der Waals surface area (Å²) in [5.74, 6) is 0. The Morgan fingerprint density at radius 3 is 3.00 bits per heavy atom. The molecule has 0 bridgehead atoms. The van der Waals surface area contributed by atoms with Gasteiger partial charge in [-0.1, -0.05) is 10.2 Å². The second-order valence-electron chi connectivity index (χ2n) is 4.72. The van der Waals surface area contributed by atoms with Crippen LogP contribution in [-0.2, 0) is 0 Å². The average Bonchev–Trinajstić information content (AvgIpc) is 2.84. The van der Waals surface area contributed by atoms with Gasteiger partial charge in [-0.05, 0) is 26.3 Å². The molecule has 0 saturated carbocycles. The highest BCUT2D eigenvalue weighted by atomic mass is 16.4. The summed E-state index contributed by atoms with van der Waals surface area (Å²) < 4.78 is 5.30. The predicted molar refractivity (Wildman–Crippen MR) is 60.1 cm³/mol. The van der Waals surface area contributed by atoms with Gasteiger partial charge < -0.3 is 15.1 Å². The molecule has 3 heterocycles. The molecule has 88 valence electrons. The fraction of sp³-hybridized carbons (Fsp3) is 0.800. The highest BCUT2D eigenvalue weighted by Crippen LogP contribution is 2.27. The van der Waals surface area contributed by atoms with Gasteiger partial charge in [0.25, 0.3) is 0 Å². The molecular weight excluding hydrogens is 206 g/mol. The maximum atomic E-state index is 5.46. The topological polar surface area (TPSA) is 71.4 Å². The molecule has 6 nitrogen and oxygen atoms in total. The lowest BCUT2D eigenvalue weighted by Gasteiger charge is -2.41. The maximum absolute atomic E-state index is 5.46. The van der Waals surface area contributed by atoms with Gasteiger partial charge in [-0.3, -0.25) is 4.90 Å². The molecule has 0 radical (unpaired) electrons. The Balaban J connectivity index is 1.80. The van der Waals surface area contributed by atoms with Crippen molar-refractivity contribution in [2.45, 2.75) is 31.8 Å². The molecule has 0 amide bonds. The van der Waals surface area contributed by atoms with E-state index in [9.17, 15) is 0 Å². The summed E-state index contributed by atoms with van der Waals surface area (Å²) >= 11 is 0. The fourth-order valence-corrected chi connectivity index (χ4v) is 2.80. The number of hydrogen-bond donors (Lipinski definition) is 1. The van der Waals surface area contributed by atoms with Crippen molar-refractivity contribution in [3.63, 3.8) is 0 Å². The molecule has 0 aromatic carbocycles. The molecule has 0 aliphatic carbocycles. The smallest absolute Gasteiger partial charge is 0.319 e. The first-order valence-electron chi connectivity index (χ1n) is 5.83. The van der Waals surface area contributed by atoms with Crippen molar-refractivity contribution in [2.75, 3.05) is 30.3 Å². The minimum absolute atomic E-state index is 0.149. The van der Waals surface area contributed by atoms with Crippen molar-refractivity contribution < 1.29 is 4.42 Å². The molecule has 2 saturated heterocycles. The van der Waals surface area contributed by atoms with E-state index in [1.165, 1.54) is 19.4 Å². The summed E-state index contributed by atoms with van der Waals surface area (Å²) in [6.07, 6.45) is 2.57. The van der Waals surface area contributed by atoms with Crippen molar-refractivity contribution in [1.29, 1.82) is 0 Å². The summed E-state index contributed by atoms with van der Waals surface area (Å²) in [6, 6.07) is 1.77. The summed E-state index contributed by atoms with van der Waals surface area (Å²) in [6.45, 7) is 5.47. The van der Waals surface area contributed by atoms with E-state index in [-0.39, 0.29) is 6.01 Å². The van der Waals surface area contributed by atoms with Crippen LogP contribution in [0, 0.1) is 0 Å². The van der Waals surface area contributed by atoms with Gasteiger partial charge in [0.15, 0.2) is 0 Å². The fourth-order valence-electron chi connectivity index (χ4n) is 2.80. The van der Waals surface area contributed by atoms with Gasteiger partial charge in [-0.2, -0.15) is 0 Å². The molecule has 3 rings (SSSR count). The van der Waals surface area contributed by atoms with Crippen LogP contribution in [0.25, 0.3) is 0 Å². The van der Waals surface area contributed by atoms with Crippen molar-refractivity contribution in [2.24, 2.45) is 0 Å². The molecule has 6 heteroatoms. The number of nitrogens with zero attached hydrogens (tertiary/aromatic N) is 4. The number of rotatable bonds is 1. The SMILES string of the molecule is CC1CN2CCCC2CN1c1nnc(N)o1. The van der Waals surface area contributed by atoms with Crippen molar-refractivity contribution in [1.82, 2.24) is 15.1 Å². The lowest BCUT2D eigenvalue weighted by atomic mass is 10.1. The van der Waals surface area contributed by atoms with Crippen LogP contribution in [0.5, 0.6) is 0 Å². The Labute approximate surface area is 94.4 Å². The van der Waals surface area contributed by atoms with Gasteiger partial charge in [-0.15, -0.1) is 0 Å². The Morgan fingerprint density at radius 2 is 2.25 bits per heavy atom. The number of anilines is 2. The summed E-state index contributed by atoms with van der Waals surface area (Å²) in [5.41, 5.74) is 5.46. The highest BCUT2D eigenvalue weighted by molar-refractivity contribution is 5.31. The molecule has 1 aromatic heterocycles. The van der Waals surface area contributed by atoms with Gasteiger partial charge in [-0.25, -0.2) is 0 Å². The standard InChI is InChI=1S/C10H17N5O/c1-7-5-14-4-2-3-8(14)6-15(7)10-13-12-9(11)16-10/h7-8H,2-6H2,1H3,(H2,11,12). The number of aromatic nitrogens is 2. The van der Waals surface area contributed by atoms with Gasteiger partial charge >= 0.3 is 12.0 Å². The average molecular weight is 223 g/mol. The number of hydrogen-bond acceptors (Lipinski definition) is 6. The lowest BCUT2D eigenvalue weighted by Crippen LogP contribution is -2.55. The van der Waals surface area contributed by atoms with Crippen LogP contribution in [0.2, 0.25) is 0 Å². The molecule has 2 N–H and O–H groups in total.